The molecule has 1 atom stereocenters. The number of ether oxygens (including phenoxy) is 2. The van der Waals surface area contributed by atoms with Gasteiger partial charge in [0.2, 0.25) is 0 Å². The van der Waals surface area contributed by atoms with Crippen LogP contribution in [0.1, 0.15) is 131 Å². The summed E-state index contributed by atoms with van der Waals surface area (Å²) in [5, 5.41) is 2.64. The van der Waals surface area contributed by atoms with Crippen molar-refractivity contribution >= 4 is 12.1 Å². The molecule has 0 unspecified atom stereocenters. The van der Waals surface area contributed by atoms with Crippen LogP contribution in [0.15, 0.2) is 0 Å². The van der Waals surface area contributed by atoms with Gasteiger partial charge in [-0.1, -0.05) is 125 Å². The lowest BCUT2D eigenvalue weighted by Gasteiger charge is -2.21. The van der Waals surface area contributed by atoms with E-state index in [1.54, 1.807) is 0 Å². The van der Waals surface area contributed by atoms with Gasteiger partial charge in [-0.05, 0) is 18.3 Å². The van der Waals surface area contributed by atoms with E-state index in [4.69, 9.17) is 9.47 Å². The zero-order valence-corrected chi connectivity index (χ0v) is 21.9. The van der Waals surface area contributed by atoms with Crippen LogP contribution in [0.25, 0.3) is 0 Å². The third kappa shape index (κ3) is 19.4. The number of esters is 1. The molecule has 0 fully saturated rings. The van der Waals surface area contributed by atoms with E-state index in [0.717, 1.165) is 12.8 Å². The number of hydrogen-bond acceptors (Lipinski definition) is 4. The fraction of sp³-hybridized carbons (Fsp3) is 0.926. The van der Waals surface area contributed by atoms with Crippen LogP contribution in [-0.2, 0) is 14.3 Å². The summed E-state index contributed by atoms with van der Waals surface area (Å²) in [7, 11) is 0. The summed E-state index contributed by atoms with van der Waals surface area (Å²) < 4.78 is 10.5. The molecule has 0 aliphatic carbocycles. The maximum atomic E-state index is 12.3. The molecule has 0 aliphatic heterocycles. The van der Waals surface area contributed by atoms with Crippen LogP contribution in [0.4, 0.5) is 4.79 Å². The van der Waals surface area contributed by atoms with E-state index >= 15 is 0 Å². The number of hydrogen-bond donors (Lipinski definition) is 1. The lowest BCUT2D eigenvalue weighted by Crippen LogP contribution is -2.45. The van der Waals surface area contributed by atoms with Crippen LogP contribution in [0, 0.1) is 11.8 Å². The lowest BCUT2D eigenvalue weighted by molar-refractivity contribution is -0.147. The summed E-state index contributed by atoms with van der Waals surface area (Å²) in [6, 6.07) is -0.661. The minimum Gasteiger partial charge on any atom is -0.464 e. The number of unbranched alkanes of at least 4 members (excludes halogenated alkanes) is 14. The van der Waals surface area contributed by atoms with Crippen LogP contribution in [0.5, 0.6) is 0 Å². The van der Waals surface area contributed by atoms with Crippen molar-refractivity contribution in [3.8, 4) is 0 Å². The monoisotopic (exact) mass is 455 g/mol. The van der Waals surface area contributed by atoms with E-state index in [0.29, 0.717) is 13.2 Å². The molecule has 0 spiro atoms. The second kappa shape index (κ2) is 21.6. The largest absolute Gasteiger partial charge is 0.464 e. The number of nitrogens with one attached hydrogen (secondary N) is 1. The Labute approximate surface area is 198 Å². The molecule has 32 heavy (non-hydrogen) atoms. The standard InChI is InChI=1S/C27H53NO4/c1-6-7-8-9-10-11-12-13-14-15-16-17-18-19-20-21-31-26(29)25(24(4)5)28-27(30)32-22-23(2)3/h23-25H,6-22H2,1-5H3,(H,28,30)/t25-/m0/s1. The maximum absolute atomic E-state index is 12.3. The van der Waals surface area contributed by atoms with Crippen LogP contribution >= 0.6 is 0 Å². The zero-order chi connectivity index (χ0) is 24.0. The van der Waals surface area contributed by atoms with Gasteiger partial charge in [0.05, 0.1) is 13.2 Å². The Balaban J connectivity index is 3.61. The van der Waals surface area contributed by atoms with E-state index < -0.39 is 12.1 Å². The van der Waals surface area contributed by atoms with Gasteiger partial charge in [-0.2, -0.15) is 0 Å². The highest BCUT2D eigenvalue weighted by molar-refractivity contribution is 5.81. The Bertz CT molecular complexity index is 451. The van der Waals surface area contributed by atoms with Crippen LogP contribution < -0.4 is 5.32 Å². The average Bonchev–Trinajstić information content (AvgIpc) is 2.75. The van der Waals surface area contributed by atoms with Crippen molar-refractivity contribution in [1.29, 1.82) is 0 Å². The minimum absolute atomic E-state index is 0.0462. The van der Waals surface area contributed by atoms with Crippen molar-refractivity contribution in [2.75, 3.05) is 13.2 Å². The topological polar surface area (TPSA) is 64.6 Å². The Hall–Kier alpha value is -1.26. The van der Waals surface area contributed by atoms with Gasteiger partial charge in [-0.25, -0.2) is 9.59 Å². The lowest BCUT2D eigenvalue weighted by atomic mass is 10.0. The van der Waals surface area contributed by atoms with E-state index in [2.05, 4.69) is 12.2 Å². The van der Waals surface area contributed by atoms with Gasteiger partial charge in [-0.15, -0.1) is 0 Å². The van der Waals surface area contributed by atoms with E-state index in [9.17, 15) is 9.59 Å². The molecule has 0 aromatic heterocycles. The first-order chi connectivity index (χ1) is 15.4. The van der Waals surface area contributed by atoms with Crippen molar-refractivity contribution in [3.63, 3.8) is 0 Å². The predicted octanol–water partition coefficient (Wildman–Crippen LogP) is 7.81. The summed E-state index contributed by atoms with van der Waals surface area (Å²) in [4.78, 5) is 24.2. The zero-order valence-electron chi connectivity index (χ0n) is 21.9. The highest BCUT2D eigenvalue weighted by Gasteiger charge is 2.26. The number of amides is 1. The van der Waals surface area contributed by atoms with Gasteiger partial charge < -0.3 is 14.8 Å². The molecule has 0 heterocycles. The molecule has 0 radical (unpaired) electrons. The molecule has 5 heteroatoms. The van der Waals surface area contributed by atoms with Crippen molar-refractivity contribution < 1.29 is 19.1 Å². The molecule has 190 valence electrons. The molecule has 0 bridgehead atoms. The number of carbonyl (C=O) groups is 2. The molecular weight excluding hydrogens is 402 g/mol. The smallest absolute Gasteiger partial charge is 0.407 e. The summed E-state index contributed by atoms with van der Waals surface area (Å²) >= 11 is 0. The van der Waals surface area contributed by atoms with Crippen molar-refractivity contribution in [1.82, 2.24) is 5.32 Å². The van der Waals surface area contributed by atoms with Crippen molar-refractivity contribution in [2.45, 2.75) is 137 Å². The Morgan fingerprint density at radius 3 is 1.50 bits per heavy atom. The quantitative estimate of drug-likeness (QED) is 0.142. The third-order valence-electron chi connectivity index (χ3n) is 5.73. The first-order valence-corrected chi connectivity index (χ1v) is 13.5. The van der Waals surface area contributed by atoms with Crippen molar-refractivity contribution in [3.05, 3.63) is 0 Å². The highest BCUT2D eigenvalue weighted by Crippen LogP contribution is 2.13. The summed E-state index contributed by atoms with van der Waals surface area (Å²) in [5.41, 5.74) is 0. The van der Waals surface area contributed by atoms with E-state index in [1.807, 2.05) is 27.7 Å². The van der Waals surface area contributed by atoms with Crippen LogP contribution in [-0.4, -0.2) is 31.3 Å². The minimum atomic E-state index is -0.661. The van der Waals surface area contributed by atoms with Crippen molar-refractivity contribution in [2.24, 2.45) is 11.8 Å². The Kier molecular flexibility index (Phi) is 20.7. The summed E-state index contributed by atoms with van der Waals surface area (Å²) in [6.07, 6.45) is 19.1. The number of carbonyl (C=O) groups excluding carboxylic acids is 2. The second-order valence-electron chi connectivity index (χ2n) is 9.98. The molecule has 1 N–H and O–H groups in total. The van der Waals surface area contributed by atoms with E-state index in [1.165, 1.54) is 83.5 Å². The first-order valence-electron chi connectivity index (χ1n) is 13.5. The number of alkyl carbamates (subject to hydrolysis) is 1. The van der Waals surface area contributed by atoms with Crippen LogP contribution in [0.2, 0.25) is 0 Å². The first kappa shape index (κ1) is 30.7. The van der Waals surface area contributed by atoms with E-state index in [-0.39, 0.29) is 17.8 Å². The molecule has 0 aliphatic rings. The fourth-order valence-corrected chi connectivity index (χ4v) is 3.64. The summed E-state index contributed by atoms with van der Waals surface area (Å²) in [5.74, 6) is -0.155. The molecule has 0 aromatic rings. The molecular formula is C27H53NO4. The van der Waals surface area contributed by atoms with Gasteiger partial charge >= 0.3 is 12.1 Å². The van der Waals surface area contributed by atoms with Gasteiger partial charge in [0, 0.05) is 0 Å². The molecule has 5 nitrogen and oxygen atoms in total. The molecule has 0 rings (SSSR count). The normalized spacial score (nSPS) is 12.2. The van der Waals surface area contributed by atoms with Gasteiger partial charge in [0.15, 0.2) is 0 Å². The maximum Gasteiger partial charge on any atom is 0.407 e. The van der Waals surface area contributed by atoms with Gasteiger partial charge in [0.25, 0.3) is 0 Å². The Morgan fingerprint density at radius 1 is 0.656 bits per heavy atom. The predicted molar refractivity (Wildman–Crippen MR) is 134 cm³/mol. The van der Waals surface area contributed by atoms with Gasteiger partial charge in [-0.3, -0.25) is 0 Å². The number of rotatable bonds is 21. The third-order valence-corrected chi connectivity index (χ3v) is 5.73. The SMILES string of the molecule is CCCCCCCCCCCCCCCCCOC(=O)[C@@H](NC(=O)OCC(C)C)C(C)C. The Morgan fingerprint density at radius 2 is 1.09 bits per heavy atom. The molecule has 0 saturated carbocycles. The van der Waals surface area contributed by atoms with Crippen LogP contribution in [0.3, 0.4) is 0 Å². The average molecular weight is 456 g/mol. The van der Waals surface area contributed by atoms with Gasteiger partial charge in [0.1, 0.15) is 6.04 Å². The molecule has 0 saturated heterocycles. The summed E-state index contributed by atoms with van der Waals surface area (Å²) in [6.45, 7) is 10.8. The molecule has 0 aromatic carbocycles. The molecule has 1 amide bonds. The fourth-order valence-electron chi connectivity index (χ4n) is 3.64. The highest BCUT2D eigenvalue weighted by atomic mass is 16.6. The second-order valence-corrected chi connectivity index (χ2v) is 9.98.